The number of carboxylic acid groups (broad SMARTS) is 1. The Morgan fingerprint density at radius 1 is 0.974 bits per heavy atom. The van der Waals surface area contributed by atoms with E-state index in [1.165, 1.54) is 17.4 Å². The molecule has 0 aliphatic heterocycles. The van der Waals surface area contributed by atoms with Crippen molar-refractivity contribution in [1.29, 1.82) is 0 Å². The molecule has 0 saturated heterocycles. The fraction of sp³-hybridized carbons (Fsp3) is 0.107. The minimum absolute atomic E-state index is 0.0734. The van der Waals surface area contributed by atoms with E-state index in [2.05, 4.69) is 10.6 Å². The summed E-state index contributed by atoms with van der Waals surface area (Å²) in [4.78, 5) is 38.5. The van der Waals surface area contributed by atoms with E-state index in [1.54, 1.807) is 30.3 Å². The second-order valence-corrected chi connectivity index (χ2v) is 10.00. The Labute approximate surface area is 229 Å². The zero-order valence-electron chi connectivity index (χ0n) is 20.0. The van der Waals surface area contributed by atoms with Crippen LogP contribution in [0.5, 0.6) is 0 Å². The van der Waals surface area contributed by atoms with Gasteiger partial charge in [-0.25, -0.2) is 4.79 Å². The molecule has 6 nitrogen and oxygen atoms in total. The fourth-order valence-corrected chi connectivity index (χ4v) is 4.75. The topological polar surface area (TPSA) is 95.5 Å². The van der Waals surface area contributed by atoms with Crippen LogP contribution in [0, 0.1) is 0 Å². The molecule has 4 rings (SSSR count). The molecule has 3 aromatic carbocycles. The Morgan fingerprint density at radius 3 is 2.26 bits per heavy atom. The van der Waals surface area contributed by atoms with Crippen LogP contribution in [0.3, 0.4) is 0 Å². The number of benzene rings is 3. The van der Waals surface area contributed by atoms with Crippen molar-refractivity contribution in [1.82, 2.24) is 10.6 Å². The van der Waals surface area contributed by atoms with E-state index in [0.717, 1.165) is 34.4 Å². The summed E-state index contributed by atoms with van der Waals surface area (Å²) in [5, 5.41) is 15.9. The van der Waals surface area contributed by atoms with E-state index < -0.39 is 35.6 Å². The van der Waals surface area contributed by atoms with Gasteiger partial charge >= 0.3 is 12.1 Å². The average molecular weight is 573 g/mol. The van der Waals surface area contributed by atoms with Gasteiger partial charge in [0.1, 0.15) is 11.7 Å². The number of hydrogen-bond acceptors (Lipinski definition) is 4. The number of carbonyl (C=O) groups excluding carboxylic acids is 2. The largest absolute Gasteiger partial charge is 0.480 e. The molecule has 1 atom stereocenters. The first-order valence-electron chi connectivity index (χ1n) is 11.5. The Morgan fingerprint density at radius 2 is 1.64 bits per heavy atom. The van der Waals surface area contributed by atoms with Crippen molar-refractivity contribution in [3.05, 3.63) is 111 Å². The van der Waals surface area contributed by atoms with Crippen LogP contribution in [0.15, 0.2) is 84.6 Å². The normalized spacial score (nSPS) is 12.7. The number of alkyl halides is 3. The molecule has 0 bridgehead atoms. The van der Waals surface area contributed by atoms with Gasteiger partial charge in [-0.2, -0.15) is 13.2 Å². The lowest BCUT2D eigenvalue weighted by molar-refractivity contribution is -0.141. The zero-order chi connectivity index (χ0) is 28.2. The van der Waals surface area contributed by atoms with Crippen molar-refractivity contribution in [3.63, 3.8) is 0 Å². The molecule has 11 heteroatoms. The highest BCUT2D eigenvalue weighted by Crippen LogP contribution is 2.29. The van der Waals surface area contributed by atoms with Gasteiger partial charge in [-0.1, -0.05) is 54.1 Å². The minimum Gasteiger partial charge on any atom is -0.480 e. The number of carbonyl (C=O) groups is 3. The molecule has 200 valence electrons. The molecule has 0 spiro atoms. The predicted octanol–water partition coefficient (Wildman–Crippen LogP) is 6.16. The highest BCUT2D eigenvalue weighted by molar-refractivity contribution is 7.20. The van der Waals surface area contributed by atoms with Crippen molar-refractivity contribution in [2.75, 3.05) is 0 Å². The Bertz CT molecular complexity index is 1510. The van der Waals surface area contributed by atoms with Gasteiger partial charge in [0.2, 0.25) is 0 Å². The summed E-state index contributed by atoms with van der Waals surface area (Å²) in [6.45, 7) is 0. The Hall–Kier alpha value is -4.15. The number of amides is 2. The molecule has 4 aromatic rings. The molecule has 0 unspecified atom stereocenters. The average Bonchev–Trinajstić information content (AvgIpc) is 3.33. The molecule has 1 aromatic heterocycles. The van der Waals surface area contributed by atoms with Crippen LogP contribution in [0.25, 0.3) is 16.2 Å². The van der Waals surface area contributed by atoms with Crippen LogP contribution >= 0.6 is 22.9 Å². The van der Waals surface area contributed by atoms with Crippen molar-refractivity contribution in [2.24, 2.45) is 0 Å². The molecule has 0 aliphatic carbocycles. The second-order valence-electron chi connectivity index (χ2n) is 8.48. The number of carboxylic acids is 1. The van der Waals surface area contributed by atoms with E-state index in [4.69, 9.17) is 11.6 Å². The molecule has 0 radical (unpaired) electrons. The van der Waals surface area contributed by atoms with Crippen LogP contribution in [0.2, 0.25) is 5.02 Å². The zero-order valence-corrected chi connectivity index (χ0v) is 21.5. The molecule has 2 amide bonds. The molecular formula is C28H20ClF3N2O4S. The monoisotopic (exact) mass is 572 g/mol. The van der Waals surface area contributed by atoms with Crippen LogP contribution < -0.4 is 10.6 Å². The molecule has 0 fully saturated rings. The molecule has 1 heterocycles. The van der Waals surface area contributed by atoms with Gasteiger partial charge in [-0.3, -0.25) is 9.59 Å². The summed E-state index contributed by atoms with van der Waals surface area (Å²) in [5.41, 5.74) is -0.433. The lowest BCUT2D eigenvalue weighted by atomic mass is 10.1. The number of fused-ring (bicyclic) bond motifs is 1. The Kier molecular flexibility index (Phi) is 8.37. The third-order valence-corrected chi connectivity index (χ3v) is 7.01. The SMILES string of the molecule is O=C(N[C@@H](Cc1ccc(Cl)cc1)C(=O)O)C(=Cc1ccc(C(F)(F)F)cc1)NC(=O)c1cc2ccccc2s1. The van der Waals surface area contributed by atoms with Gasteiger partial charge in [-0.05, 0) is 59.0 Å². The summed E-state index contributed by atoms with van der Waals surface area (Å²) in [7, 11) is 0. The summed E-state index contributed by atoms with van der Waals surface area (Å²) in [5.74, 6) is -2.87. The quantitative estimate of drug-likeness (QED) is 0.221. The lowest BCUT2D eigenvalue weighted by Gasteiger charge is -2.17. The fourth-order valence-electron chi connectivity index (χ4n) is 3.66. The molecule has 39 heavy (non-hydrogen) atoms. The van der Waals surface area contributed by atoms with Crippen LogP contribution in [0.4, 0.5) is 13.2 Å². The number of thiophene rings is 1. The first-order chi connectivity index (χ1) is 18.5. The molecule has 0 saturated carbocycles. The van der Waals surface area contributed by atoms with Crippen molar-refractivity contribution in [2.45, 2.75) is 18.6 Å². The number of aliphatic carboxylic acids is 1. The first-order valence-corrected chi connectivity index (χ1v) is 12.7. The number of halogens is 4. The second kappa shape index (κ2) is 11.7. The highest BCUT2D eigenvalue weighted by atomic mass is 35.5. The molecular weight excluding hydrogens is 553 g/mol. The van der Waals surface area contributed by atoms with Gasteiger partial charge in [0.15, 0.2) is 0 Å². The highest BCUT2D eigenvalue weighted by Gasteiger charge is 2.30. The first kappa shape index (κ1) is 27.9. The number of rotatable bonds is 8. The maximum absolute atomic E-state index is 13.2. The van der Waals surface area contributed by atoms with Crippen molar-refractivity contribution < 1.29 is 32.7 Å². The lowest BCUT2D eigenvalue weighted by Crippen LogP contribution is -2.45. The summed E-state index contributed by atoms with van der Waals surface area (Å²) >= 11 is 7.07. The van der Waals surface area contributed by atoms with E-state index >= 15 is 0 Å². The third-order valence-electron chi connectivity index (χ3n) is 5.65. The summed E-state index contributed by atoms with van der Waals surface area (Å²) in [6.07, 6.45) is -3.44. The van der Waals surface area contributed by atoms with E-state index in [-0.39, 0.29) is 17.7 Å². The molecule has 0 aliphatic rings. The maximum Gasteiger partial charge on any atom is 0.416 e. The standard InChI is InChI=1S/C28H20ClF3N2O4S/c29-20-11-7-17(8-12-20)14-22(27(37)38)34-25(35)21(13-16-5-9-19(10-6-16)28(30,31)32)33-26(36)24-15-18-3-1-2-4-23(18)39-24/h1-13,15,22H,14H2,(H,33,36)(H,34,35)(H,37,38)/t22-/m0/s1. The van der Waals surface area contributed by atoms with Gasteiger partial charge in [-0.15, -0.1) is 11.3 Å². The maximum atomic E-state index is 13.2. The number of nitrogens with one attached hydrogen (secondary N) is 2. The predicted molar refractivity (Wildman–Crippen MR) is 143 cm³/mol. The number of hydrogen-bond donors (Lipinski definition) is 3. The van der Waals surface area contributed by atoms with E-state index in [9.17, 15) is 32.7 Å². The molecule has 3 N–H and O–H groups in total. The van der Waals surface area contributed by atoms with Crippen molar-refractivity contribution in [3.8, 4) is 0 Å². The van der Waals surface area contributed by atoms with Gasteiger partial charge in [0, 0.05) is 16.1 Å². The summed E-state index contributed by atoms with van der Waals surface area (Å²) in [6, 6.07) is 17.9. The smallest absolute Gasteiger partial charge is 0.416 e. The van der Waals surface area contributed by atoms with E-state index in [0.29, 0.717) is 15.5 Å². The van der Waals surface area contributed by atoms with Crippen LogP contribution in [-0.4, -0.2) is 28.9 Å². The summed E-state index contributed by atoms with van der Waals surface area (Å²) < 4.78 is 39.8. The van der Waals surface area contributed by atoms with E-state index in [1.807, 2.05) is 24.3 Å². The Balaban J connectivity index is 1.62. The minimum atomic E-state index is -4.55. The van der Waals surface area contributed by atoms with Gasteiger partial charge in [0.05, 0.1) is 10.4 Å². The van der Waals surface area contributed by atoms with Gasteiger partial charge in [0.25, 0.3) is 11.8 Å². The van der Waals surface area contributed by atoms with Crippen LogP contribution in [0.1, 0.15) is 26.4 Å². The third kappa shape index (κ3) is 7.24. The van der Waals surface area contributed by atoms with Crippen LogP contribution in [-0.2, 0) is 22.2 Å². The van der Waals surface area contributed by atoms with Gasteiger partial charge < -0.3 is 15.7 Å². The van der Waals surface area contributed by atoms with Crippen molar-refractivity contribution >= 4 is 56.9 Å².